The summed E-state index contributed by atoms with van der Waals surface area (Å²) in [6.45, 7) is 0.440. The molecule has 0 atom stereocenters. The van der Waals surface area contributed by atoms with Crippen LogP contribution in [0.5, 0.6) is 0 Å². The molecule has 2 rings (SSSR count). The summed E-state index contributed by atoms with van der Waals surface area (Å²) < 4.78 is 12.5. The van der Waals surface area contributed by atoms with Gasteiger partial charge in [0.05, 0.1) is 5.56 Å². The normalized spacial score (nSPS) is 15.8. The second kappa shape index (κ2) is 3.76. The van der Waals surface area contributed by atoms with Gasteiger partial charge in [-0.2, -0.15) is 4.39 Å². The average Bonchev–Trinajstić information content (AvgIpc) is 2.65. The number of nitrogens with zero attached hydrogens (tertiary/aromatic N) is 2. The lowest BCUT2D eigenvalue weighted by atomic mass is 10.2. The van der Waals surface area contributed by atoms with Crippen LogP contribution in [0.25, 0.3) is 0 Å². The van der Waals surface area contributed by atoms with Crippen molar-refractivity contribution in [1.82, 2.24) is 9.88 Å². The Morgan fingerprint density at radius 1 is 1.47 bits per heavy atom. The lowest BCUT2D eigenvalue weighted by Crippen LogP contribution is -2.31. The van der Waals surface area contributed by atoms with Crippen molar-refractivity contribution in [2.24, 2.45) is 0 Å². The van der Waals surface area contributed by atoms with E-state index in [-0.39, 0.29) is 11.5 Å². The van der Waals surface area contributed by atoms with E-state index in [4.69, 9.17) is 0 Å². The van der Waals surface area contributed by atoms with Crippen LogP contribution in [0.2, 0.25) is 0 Å². The van der Waals surface area contributed by atoms with Crippen molar-refractivity contribution in [2.45, 2.75) is 12.8 Å². The number of hydrogen-bond donors (Lipinski definition) is 0. The molecule has 1 aromatic rings. The van der Waals surface area contributed by atoms with Gasteiger partial charge < -0.3 is 0 Å². The topological polar surface area (TPSA) is 50.3 Å². The van der Waals surface area contributed by atoms with Crippen LogP contribution in [0.1, 0.15) is 23.2 Å². The first-order chi connectivity index (χ1) is 7.18. The Bertz CT molecular complexity index is 402. The van der Waals surface area contributed by atoms with Gasteiger partial charge in [-0.15, -0.1) is 0 Å². The number of aromatic nitrogens is 1. The van der Waals surface area contributed by atoms with Gasteiger partial charge in [-0.1, -0.05) is 0 Å². The standard InChI is InChI=1S/C10H9FN2O2/c11-8-4-3-7(6-12-8)10(15)13-5-1-2-9(13)14/h3-4,6H,1-2,5H2. The quantitative estimate of drug-likeness (QED) is 0.510. The second-order valence-electron chi connectivity index (χ2n) is 3.32. The van der Waals surface area contributed by atoms with Crippen molar-refractivity contribution < 1.29 is 14.0 Å². The van der Waals surface area contributed by atoms with Gasteiger partial charge in [0.1, 0.15) is 0 Å². The molecule has 1 aliphatic rings. The molecule has 15 heavy (non-hydrogen) atoms. The Balaban J connectivity index is 2.20. The largest absolute Gasteiger partial charge is 0.278 e. The van der Waals surface area contributed by atoms with Crippen molar-refractivity contribution in [2.75, 3.05) is 6.54 Å². The van der Waals surface area contributed by atoms with Gasteiger partial charge in [-0.25, -0.2) is 4.98 Å². The van der Waals surface area contributed by atoms with Crippen molar-refractivity contribution in [1.29, 1.82) is 0 Å². The molecule has 1 aliphatic heterocycles. The minimum atomic E-state index is -0.640. The van der Waals surface area contributed by atoms with Gasteiger partial charge >= 0.3 is 0 Å². The third kappa shape index (κ3) is 1.86. The van der Waals surface area contributed by atoms with Crippen molar-refractivity contribution >= 4 is 11.8 Å². The summed E-state index contributed by atoms with van der Waals surface area (Å²) in [4.78, 5) is 27.5. The highest BCUT2D eigenvalue weighted by molar-refractivity contribution is 6.05. The average molecular weight is 208 g/mol. The molecule has 0 aliphatic carbocycles. The first kappa shape index (κ1) is 9.76. The predicted molar refractivity (Wildman–Crippen MR) is 49.5 cm³/mol. The molecule has 0 bridgehead atoms. The van der Waals surface area contributed by atoms with Gasteiger partial charge in [0.25, 0.3) is 5.91 Å². The third-order valence-corrected chi connectivity index (χ3v) is 2.29. The molecule has 78 valence electrons. The zero-order chi connectivity index (χ0) is 10.8. The molecule has 1 saturated heterocycles. The first-order valence-corrected chi connectivity index (χ1v) is 4.65. The van der Waals surface area contributed by atoms with Gasteiger partial charge in [0.15, 0.2) is 0 Å². The Kier molecular flexibility index (Phi) is 2.45. The van der Waals surface area contributed by atoms with E-state index < -0.39 is 11.9 Å². The highest BCUT2D eigenvalue weighted by Crippen LogP contribution is 2.13. The number of halogens is 1. The van der Waals surface area contributed by atoms with Gasteiger partial charge in [0, 0.05) is 19.2 Å². The molecule has 2 heterocycles. The van der Waals surface area contributed by atoms with E-state index in [2.05, 4.69) is 4.98 Å². The monoisotopic (exact) mass is 208 g/mol. The van der Waals surface area contributed by atoms with Crippen LogP contribution in [0, 0.1) is 5.95 Å². The SMILES string of the molecule is O=C1CCCN1C(=O)c1ccc(F)nc1. The van der Waals surface area contributed by atoms with Gasteiger partial charge in [-0.3, -0.25) is 14.5 Å². The van der Waals surface area contributed by atoms with E-state index in [0.717, 1.165) is 12.3 Å². The number of imide groups is 1. The predicted octanol–water partition coefficient (Wildman–Crippen LogP) is 0.983. The summed E-state index contributed by atoms with van der Waals surface area (Å²) in [7, 11) is 0. The Labute approximate surface area is 85.7 Å². The van der Waals surface area contributed by atoms with Crippen LogP contribution in [0.15, 0.2) is 18.3 Å². The molecule has 0 saturated carbocycles. The van der Waals surface area contributed by atoms with Crippen molar-refractivity contribution in [3.63, 3.8) is 0 Å². The number of amides is 2. The summed E-state index contributed by atoms with van der Waals surface area (Å²) in [5.74, 6) is -1.21. The fourth-order valence-corrected chi connectivity index (χ4v) is 1.52. The molecule has 5 heteroatoms. The van der Waals surface area contributed by atoms with Crippen molar-refractivity contribution in [3.05, 3.63) is 29.8 Å². The highest BCUT2D eigenvalue weighted by Gasteiger charge is 2.27. The highest BCUT2D eigenvalue weighted by atomic mass is 19.1. The van der Waals surface area contributed by atoms with E-state index in [1.165, 1.54) is 11.0 Å². The number of carbonyl (C=O) groups is 2. The fourth-order valence-electron chi connectivity index (χ4n) is 1.52. The molecule has 1 aromatic heterocycles. The molecule has 0 N–H and O–H groups in total. The number of rotatable bonds is 1. The maximum absolute atomic E-state index is 12.5. The van der Waals surface area contributed by atoms with E-state index in [9.17, 15) is 14.0 Å². The second-order valence-corrected chi connectivity index (χ2v) is 3.32. The summed E-state index contributed by atoms with van der Waals surface area (Å²) in [5, 5.41) is 0. The van der Waals surface area contributed by atoms with Crippen LogP contribution < -0.4 is 0 Å². The molecule has 0 spiro atoms. The van der Waals surface area contributed by atoms with Crippen LogP contribution in [-0.4, -0.2) is 28.2 Å². The fraction of sp³-hybridized carbons (Fsp3) is 0.300. The Morgan fingerprint density at radius 3 is 2.80 bits per heavy atom. The Hall–Kier alpha value is -1.78. The molecule has 0 unspecified atom stereocenters. The van der Waals surface area contributed by atoms with Crippen LogP contribution in [-0.2, 0) is 4.79 Å². The maximum Gasteiger partial charge on any atom is 0.262 e. The van der Waals surface area contributed by atoms with E-state index >= 15 is 0 Å². The summed E-state index contributed by atoms with van der Waals surface area (Å²) in [6, 6.07) is 2.43. The zero-order valence-corrected chi connectivity index (χ0v) is 7.94. The Morgan fingerprint density at radius 2 is 2.27 bits per heavy atom. The lowest BCUT2D eigenvalue weighted by Gasteiger charge is -2.12. The lowest BCUT2D eigenvalue weighted by molar-refractivity contribution is -0.125. The molecular weight excluding hydrogens is 199 g/mol. The number of likely N-dealkylation sites (tertiary alicyclic amines) is 1. The van der Waals surface area contributed by atoms with E-state index in [0.29, 0.717) is 19.4 Å². The third-order valence-electron chi connectivity index (χ3n) is 2.29. The van der Waals surface area contributed by atoms with Crippen LogP contribution in [0.4, 0.5) is 4.39 Å². The van der Waals surface area contributed by atoms with Gasteiger partial charge in [-0.05, 0) is 18.6 Å². The summed E-state index contributed by atoms with van der Waals surface area (Å²) in [6.07, 6.45) is 2.24. The maximum atomic E-state index is 12.5. The van der Waals surface area contributed by atoms with Crippen LogP contribution >= 0.6 is 0 Å². The number of carbonyl (C=O) groups excluding carboxylic acids is 2. The summed E-state index contributed by atoms with van der Waals surface area (Å²) in [5.41, 5.74) is 0.242. The van der Waals surface area contributed by atoms with E-state index in [1.54, 1.807) is 0 Å². The zero-order valence-electron chi connectivity index (χ0n) is 7.94. The molecular formula is C10H9FN2O2. The van der Waals surface area contributed by atoms with E-state index in [1.807, 2.05) is 0 Å². The minimum Gasteiger partial charge on any atom is -0.278 e. The summed E-state index contributed by atoms with van der Waals surface area (Å²) >= 11 is 0. The minimum absolute atomic E-state index is 0.177. The smallest absolute Gasteiger partial charge is 0.262 e. The van der Waals surface area contributed by atoms with Crippen LogP contribution in [0.3, 0.4) is 0 Å². The molecule has 2 amide bonds. The molecule has 0 aromatic carbocycles. The molecule has 1 fully saturated rings. The number of pyridine rings is 1. The first-order valence-electron chi connectivity index (χ1n) is 4.65. The number of hydrogen-bond acceptors (Lipinski definition) is 3. The molecule has 0 radical (unpaired) electrons. The molecule has 4 nitrogen and oxygen atoms in total. The van der Waals surface area contributed by atoms with Crippen molar-refractivity contribution in [3.8, 4) is 0 Å². The van der Waals surface area contributed by atoms with Gasteiger partial charge in [0.2, 0.25) is 11.9 Å².